The SMILES string of the molecule is COC(=O)C(c1ccccc1)c1ccncc1. The molecule has 0 spiro atoms. The van der Waals surface area contributed by atoms with Gasteiger partial charge in [0.1, 0.15) is 5.92 Å². The van der Waals surface area contributed by atoms with Gasteiger partial charge >= 0.3 is 5.97 Å². The van der Waals surface area contributed by atoms with Gasteiger partial charge in [0.2, 0.25) is 0 Å². The monoisotopic (exact) mass is 227 g/mol. The third-order valence-electron chi connectivity index (χ3n) is 2.61. The minimum atomic E-state index is -0.385. The predicted molar refractivity (Wildman–Crippen MR) is 64.5 cm³/mol. The van der Waals surface area contributed by atoms with E-state index >= 15 is 0 Å². The Labute approximate surface area is 100 Å². The maximum Gasteiger partial charge on any atom is 0.317 e. The van der Waals surface area contributed by atoms with Crippen LogP contribution < -0.4 is 0 Å². The zero-order valence-electron chi connectivity index (χ0n) is 9.54. The molecule has 1 atom stereocenters. The number of hydrogen-bond donors (Lipinski definition) is 0. The summed E-state index contributed by atoms with van der Waals surface area (Å²) in [6.45, 7) is 0. The highest BCUT2D eigenvalue weighted by molar-refractivity contribution is 5.82. The lowest BCUT2D eigenvalue weighted by molar-refractivity contribution is -0.141. The van der Waals surface area contributed by atoms with Crippen LogP contribution in [0.2, 0.25) is 0 Å². The molecule has 17 heavy (non-hydrogen) atoms. The van der Waals surface area contributed by atoms with Crippen molar-refractivity contribution in [2.45, 2.75) is 5.92 Å². The van der Waals surface area contributed by atoms with E-state index in [0.717, 1.165) is 11.1 Å². The van der Waals surface area contributed by atoms with Gasteiger partial charge in [-0.05, 0) is 23.3 Å². The topological polar surface area (TPSA) is 39.2 Å². The highest BCUT2D eigenvalue weighted by atomic mass is 16.5. The van der Waals surface area contributed by atoms with E-state index in [4.69, 9.17) is 4.74 Å². The summed E-state index contributed by atoms with van der Waals surface area (Å²) in [6, 6.07) is 13.2. The number of methoxy groups -OCH3 is 1. The number of ether oxygens (including phenoxy) is 1. The first kappa shape index (κ1) is 11.3. The molecular formula is C14H13NO2. The van der Waals surface area contributed by atoms with E-state index in [1.54, 1.807) is 12.4 Å². The molecule has 3 nitrogen and oxygen atoms in total. The molecule has 0 saturated carbocycles. The lowest BCUT2D eigenvalue weighted by Gasteiger charge is -2.15. The number of rotatable bonds is 3. The summed E-state index contributed by atoms with van der Waals surface area (Å²) >= 11 is 0. The van der Waals surface area contributed by atoms with Crippen molar-refractivity contribution in [3.05, 3.63) is 66.0 Å². The molecule has 0 radical (unpaired) electrons. The number of benzene rings is 1. The Bertz CT molecular complexity index is 443. The van der Waals surface area contributed by atoms with E-state index in [1.807, 2.05) is 42.5 Å². The molecule has 1 aromatic heterocycles. The number of aromatic nitrogens is 1. The summed E-state index contributed by atoms with van der Waals surface area (Å²) in [5, 5.41) is 0. The molecule has 3 heteroatoms. The number of esters is 1. The van der Waals surface area contributed by atoms with E-state index in [-0.39, 0.29) is 11.9 Å². The van der Waals surface area contributed by atoms with E-state index in [0.29, 0.717) is 0 Å². The summed E-state index contributed by atoms with van der Waals surface area (Å²) in [6.07, 6.45) is 3.35. The maximum absolute atomic E-state index is 11.9. The van der Waals surface area contributed by atoms with Gasteiger partial charge in [0.05, 0.1) is 7.11 Å². The zero-order valence-corrected chi connectivity index (χ0v) is 9.54. The molecular weight excluding hydrogens is 214 g/mol. The molecule has 0 amide bonds. The summed E-state index contributed by atoms with van der Waals surface area (Å²) < 4.78 is 4.86. The van der Waals surface area contributed by atoms with Crippen molar-refractivity contribution in [1.29, 1.82) is 0 Å². The van der Waals surface area contributed by atoms with Crippen LogP contribution in [0.15, 0.2) is 54.9 Å². The third-order valence-corrected chi connectivity index (χ3v) is 2.61. The van der Waals surface area contributed by atoms with Gasteiger partial charge in [-0.15, -0.1) is 0 Å². The van der Waals surface area contributed by atoms with Crippen LogP contribution in [0.3, 0.4) is 0 Å². The Kier molecular flexibility index (Phi) is 3.50. The fraction of sp³-hybridized carbons (Fsp3) is 0.143. The van der Waals surface area contributed by atoms with Crippen molar-refractivity contribution < 1.29 is 9.53 Å². The summed E-state index contributed by atoms with van der Waals surface area (Å²) in [7, 11) is 1.40. The first-order chi connectivity index (χ1) is 8.33. The minimum Gasteiger partial charge on any atom is -0.468 e. The van der Waals surface area contributed by atoms with E-state index in [2.05, 4.69) is 4.98 Å². The minimum absolute atomic E-state index is 0.262. The molecule has 1 unspecified atom stereocenters. The number of pyridine rings is 1. The quantitative estimate of drug-likeness (QED) is 0.756. The average molecular weight is 227 g/mol. The highest BCUT2D eigenvalue weighted by Gasteiger charge is 2.22. The second-order valence-electron chi connectivity index (χ2n) is 3.65. The number of nitrogens with zero attached hydrogens (tertiary/aromatic N) is 1. The second-order valence-corrected chi connectivity index (χ2v) is 3.65. The molecule has 1 heterocycles. The first-order valence-corrected chi connectivity index (χ1v) is 5.35. The van der Waals surface area contributed by atoms with Crippen molar-refractivity contribution in [2.75, 3.05) is 7.11 Å². The van der Waals surface area contributed by atoms with Gasteiger partial charge in [-0.25, -0.2) is 0 Å². The normalized spacial score (nSPS) is 11.8. The zero-order chi connectivity index (χ0) is 12.1. The van der Waals surface area contributed by atoms with Gasteiger partial charge in [0, 0.05) is 12.4 Å². The van der Waals surface area contributed by atoms with Crippen molar-refractivity contribution in [2.24, 2.45) is 0 Å². The Morgan fingerprint density at radius 1 is 1.06 bits per heavy atom. The molecule has 0 N–H and O–H groups in total. The van der Waals surface area contributed by atoms with Crippen molar-refractivity contribution in [3.63, 3.8) is 0 Å². The van der Waals surface area contributed by atoms with Crippen molar-refractivity contribution in [3.8, 4) is 0 Å². The number of carbonyl (C=O) groups excluding carboxylic acids is 1. The van der Waals surface area contributed by atoms with Crippen molar-refractivity contribution >= 4 is 5.97 Å². The van der Waals surface area contributed by atoms with Crippen LogP contribution in [0.4, 0.5) is 0 Å². The molecule has 2 rings (SSSR count). The number of carbonyl (C=O) groups is 1. The molecule has 1 aromatic carbocycles. The molecule has 0 aliphatic carbocycles. The smallest absolute Gasteiger partial charge is 0.317 e. The molecule has 2 aromatic rings. The predicted octanol–water partition coefficient (Wildman–Crippen LogP) is 2.39. The molecule has 0 aliphatic heterocycles. The maximum atomic E-state index is 11.9. The van der Waals surface area contributed by atoms with Crippen LogP contribution in [-0.4, -0.2) is 18.1 Å². The standard InChI is InChI=1S/C14H13NO2/c1-17-14(16)13(11-5-3-2-4-6-11)12-7-9-15-10-8-12/h2-10,13H,1H3. The Morgan fingerprint density at radius 2 is 1.65 bits per heavy atom. The molecule has 0 bridgehead atoms. The van der Waals surface area contributed by atoms with Gasteiger partial charge in [-0.3, -0.25) is 9.78 Å². The molecule has 0 saturated heterocycles. The van der Waals surface area contributed by atoms with Crippen LogP contribution in [0.5, 0.6) is 0 Å². The fourth-order valence-electron chi connectivity index (χ4n) is 1.78. The average Bonchev–Trinajstić information content (AvgIpc) is 2.41. The highest BCUT2D eigenvalue weighted by Crippen LogP contribution is 2.25. The van der Waals surface area contributed by atoms with Gasteiger partial charge < -0.3 is 4.74 Å². The second kappa shape index (κ2) is 5.25. The largest absolute Gasteiger partial charge is 0.468 e. The van der Waals surface area contributed by atoms with E-state index in [9.17, 15) is 4.79 Å². The Hall–Kier alpha value is -2.16. The lowest BCUT2D eigenvalue weighted by atomic mass is 9.92. The van der Waals surface area contributed by atoms with Gasteiger partial charge in [-0.1, -0.05) is 30.3 Å². The van der Waals surface area contributed by atoms with Crippen LogP contribution in [0, 0.1) is 0 Å². The molecule has 0 aliphatic rings. The molecule has 0 fully saturated rings. The lowest BCUT2D eigenvalue weighted by Crippen LogP contribution is -2.15. The van der Waals surface area contributed by atoms with Crippen LogP contribution in [-0.2, 0) is 9.53 Å². The van der Waals surface area contributed by atoms with E-state index in [1.165, 1.54) is 7.11 Å². The fourth-order valence-corrected chi connectivity index (χ4v) is 1.78. The van der Waals surface area contributed by atoms with Gasteiger partial charge in [0.15, 0.2) is 0 Å². The van der Waals surface area contributed by atoms with Crippen LogP contribution in [0.25, 0.3) is 0 Å². The summed E-state index contributed by atoms with van der Waals surface area (Å²) in [5.41, 5.74) is 1.81. The Morgan fingerprint density at radius 3 is 2.24 bits per heavy atom. The summed E-state index contributed by atoms with van der Waals surface area (Å²) in [4.78, 5) is 15.8. The van der Waals surface area contributed by atoms with E-state index < -0.39 is 0 Å². The van der Waals surface area contributed by atoms with Gasteiger partial charge in [0.25, 0.3) is 0 Å². The third kappa shape index (κ3) is 2.50. The summed E-state index contributed by atoms with van der Waals surface area (Å²) in [5.74, 6) is -0.647. The van der Waals surface area contributed by atoms with Crippen molar-refractivity contribution in [1.82, 2.24) is 4.98 Å². The number of hydrogen-bond acceptors (Lipinski definition) is 3. The van der Waals surface area contributed by atoms with Crippen LogP contribution >= 0.6 is 0 Å². The Balaban J connectivity index is 2.43. The van der Waals surface area contributed by atoms with Crippen LogP contribution in [0.1, 0.15) is 17.0 Å². The molecule has 86 valence electrons. The first-order valence-electron chi connectivity index (χ1n) is 5.35. The van der Waals surface area contributed by atoms with Gasteiger partial charge in [-0.2, -0.15) is 0 Å².